The summed E-state index contributed by atoms with van der Waals surface area (Å²) < 4.78 is 34.3. The van der Waals surface area contributed by atoms with Crippen LogP contribution in [0.5, 0.6) is 0 Å². The van der Waals surface area contributed by atoms with Crippen molar-refractivity contribution in [3.8, 4) is 0 Å². The van der Waals surface area contributed by atoms with Gasteiger partial charge in [-0.15, -0.1) is 0 Å². The number of ether oxygens (including phenoxy) is 1. The Morgan fingerprint density at radius 2 is 1.94 bits per heavy atom. The van der Waals surface area contributed by atoms with Gasteiger partial charge in [-0.2, -0.15) is 0 Å². The van der Waals surface area contributed by atoms with E-state index in [4.69, 9.17) is 9.72 Å². The molecule has 1 aromatic heterocycles. The smallest absolute Gasteiger partial charge is 0.135 e. The lowest BCUT2D eigenvalue weighted by Gasteiger charge is -2.46. The minimum absolute atomic E-state index is 0.00507. The highest BCUT2D eigenvalue weighted by Gasteiger charge is 2.48. The summed E-state index contributed by atoms with van der Waals surface area (Å²) in [7, 11) is 0. The fourth-order valence-corrected chi connectivity index (χ4v) is 5.98. The zero-order valence-corrected chi connectivity index (χ0v) is 18.7. The van der Waals surface area contributed by atoms with E-state index >= 15 is 0 Å². The van der Waals surface area contributed by atoms with E-state index in [0.717, 1.165) is 56.6 Å². The topological polar surface area (TPSA) is 37.4 Å². The Bertz CT molecular complexity index is 913. The van der Waals surface area contributed by atoms with E-state index in [1.165, 1.54) is 18.9 Å². The second kappa shape index (κ2) is 9.06. The first-order valence-corrected chi connectivity index (χ1v) is 12.0. The Morgan fingerprint density at radius 3 is 2.69 bits per heavy atom. The third kappa shape index (κ3) is 4.27. The summed E-state index contributed by atoms with van der Waals surface area (Å²) in [5.74, 6) is -0.229. The summed E-state index contributed by atoms with van der Waals surface area (Å²) in [6.07, 6.45) is 8.74. The average molecular weight is 442 g/mol. The van der Waals surface area contributed by atoms with Crippen molar-refractivity contribution in [1.29, 1.82) is 0 Å². The van der Waals surface area contributed by atoms with Crippen LogP contribution in [0, 0.1) is 5.82 Å². The van der Waals surface area contributed by atoms with E-state index in [1.807, 2.05) is 23.2 Å². The quantitative estimate of drug-likeness (QED) is 0.619. The standard InChI is InChI=1S/C26H33F2N3O/c27-20-17-31(18-20)23-7-5-6-22(28)21(23)16-29-14-11-25(24-8-1-4-13-30-24)12-15-32-26(19-25)9-2-3-10-26/h1,4-8,13,20,29H,2-3,9-12,14-19H2. The number of rotatable bonds is 7. The van der Waals surface area contributed by atoms with Crippen molar-refractivity contribution < 1.29 is 13.5 Å². The van der Waals surface area contributed by atoms with Gasteiger partial charge < -0.3 is 15.0 Å². The van der Waals surface area contributed by atoms with Crippen LogP contribution in [0.4, 0.5) is 14.5 Å². The molecule has 2 aliphatic heterocycles. The summed E-state index contributed by atoms with van der Waals surface area (Å²) in [5, 5.41) is 3.49. The molecule has 3 aliphatic rings. The van der Waals surface area contributed by atoms with Gasteiger partial charge >= 0.3 is 0 Å². The fraction of sp³-hybridized carbons (Fsp3) is 0.577. The SMILES string of the molecule is Fc1cccc(N2CC(F)C2)c1CNCCC1(c2ccccn2)CCOC2(CCCC2)C1. The van der Waals surface area contributed by atoms with Crippen LogP contribution in [0.1, 0.15) is 56.2 Å². The van der Waals surface area contributed by atoms with Gasteiger partial charge in [-0.1, -0.05) is 25.0 Å². The molecular weight excluding hydrogens is 408 g/mol. The van der Waals surface area contributed by atoms with Crippen LogP contribution in [0.15, 0.2) is 42.6 Å². The monoisotopic (exact) mass is 441 g/mol. The number of pyridine rings is 1. The second-order valence-corrected chi connectivity index (χ2v) is 9.83. The molecule has 172 valence electrons. The molecular formula is C26H33F2N3O. The molecule has 3 fully saturated rings. The molecule has 1 saturated carbocycles. The van der Waals surface area contributed by atoms with Crippen LogP contribution in [0.25, 0.3) is 0 Å². The molecule has 1 aromatic carbocycles. The van der Waals surface area contributed by atoms with Crippen molar-refractivity contribution in [3.05, 3.63) is 59.7 Å². The third-order valence-electron chi connectivity index (χ3n) is 7.73. The van der Waals surface area contributed by atoms with Crippen LogP contribution in [0.3, 0.4) is 0 Å². The number of alkyl halides is 1. The summed E-state index contributed by atoms with van der Waals surface area (Å²) >= 11 is 0. The van der Waals surface area contributed by atoms with Gasteiger partial charge in [0.05, 0.1) is 18.7 Å². The Kier molecular flexibility index (Phi) is 6.17. The van der Waals surface area contributed by atoms with Crippen LogP contribution in [0.2, 0.25) is 0 Å². The van der Waals surface area contributed by atoms with Gasteiger partial charge in [-0.05, 0) is 62.9 Å². The largest absolute Gasteiger partial charge is 0.375 e. The van der Waals surface area contributed by atoms with Gasteiger partial charge in [0, 0.05) is 41.7 Å². The maximum atomic E-state index is 14.6. The predicted octanol–water partition coefficient (Wildman–Crippen LogP) is 4.92. The number of anilines is 1. The van der Waals surface area contributed by atoms with Crippen LogP contribution >= 0.6 is 0 Å². The number of halogens is 2. The van der Waals surface area contributed by atoms with Crippen molar-refractivity contribution in [2.75, 3.05) is 31.1 Å². The molecule has 4 nitrogen and oxygen atoms in total. The maximum Gasteiger partial charge on any atom is 0.135 e. The Labute approximate surface area is 189 Å². The number of nitrogens with zero attached hydrogens (tertiary/aromatic N) is 2. The highest BCUT2D eigenvalue weighted by Crippen LogP contribution is 2.49. The molecule has 0 amide bonds. The summed E-state index contributed by atoms with van der Waals surface area (Å²) in [4.78, 5) is 6.68. The van der Waals surface area contributed by atoms with Crippen LogP contribution in [-0.4, -0.2) is 43.0 Å². The predicted molar refractivity (Wildman–Crippen MR) is 122 cm³/mol. The molecule has 6 heteroatoms. The normalized spacial score (nSPS) is 25.2. The maximum absolute atomic E-state index is 14.6. The molecule has 32 heavy (non-hydrogen) atoms. The van der Waals surface area contributed by atoms with Gasteiger partial charge in [0.15, 0.2) is 0 Å². The zero-order valence-electron chi connectivity index (χ0n) is 18.7. The summed E-state index contributed by atoms with van der Waals surface area (Å²) in [6.45, 7) is 2.68. The van der Waals surface area contributed by atoms with Gasteiger partial charge in [0.1, 0.15) is 12.0 Å². The van der Waals surface area contributed by atoms with E-state index in [1.54, 1.807) is 6.07 Å². The Hall–Kier alpha value is -2.05. The molecule has 1 aliphatic carbocycles. The average Bonchev–Trinajstić information content (AvgIpc) is 3.23. The number of aromatic nitrogens is 1. The molecule has 0 bridgehead atoms. The molecule has 1 unspecified atom stereocenters. The summed E-state index contributed by atoms with van der Waals surface area (Å²) in [6, 6.07) is 11.3. The lowest BCUT2D eigenvalue weighted by atomic mass is 9.68. The molecule has 1 N–H and O–H groups in total. The molecule has 1 spiro atoms. The fourth-order valence-electron chi connectivity index (χ4n) is 5.98. The number of benzene rings is 1. The number of hydrogen-bond acceptors (Lipinski definition) is 4. The van der Waals surface area contributed by atoms with E-state index in [0.29, 0.717) is 25.2 Å². The molecule has 3 heterocycles. The highest BCUT2D eigenvalue weighted by atomic mass is 19.1. The Balaban J connectivity index is 1.28. The van der Waals surface area contributed by atoms with Crippen molar-refractivity contribution in [1.82, 2.24) is 10.3 Å². The van der Waals surface area contributed by atoms with Crippen molar-refractivity contribution >= 4 is 5.69 Å². The number of nitrogens with one attached hydrogen (secondary N) is 1. The third-order valence-corrected chi connectivity index (χ3v) is 7.73. The molecule has 1 atom stereocenters. The van der Waals surface area contributed by atoms with Gasteiger partial charge in [0.2, 0.25) is 0 Å². The first-order chi connectivity index (χ1) is 15.6. The van der Waals surface area contributed by atoms with Gasteiger partial charge in [-0.25, -0.2) is 8.78 Å². The van der Waals surface area contributed by atoms with E-state index in [2.05, 4.69) is 17.4 Å². The lowest BCUT2D eigenvalue weighted by molar-refractivity contribution is -0.104. The van der Waals surface area contributed by atoms with Crippen LogP contribution < -0.4 is 10.2 Å². The van der Waals surface area contributed by atoms with Crippen molar-refractivity contribution in [2.24, 2.45) is 0 Å². The van der Waals surface area contributed by atoms with E-state index in [-0.39, 0.29) is 16.8 Å². The minimum Gasteiger partial charge on any atom is -0.375 e. The van der Waals surface area contributed by atoms with E-state index in [9.17, 15) is 8.78 Å². The van der Waals surface area contributed by atoms with E-state index < -0.39 is 6.17 Å². The van der Waals surface area contributed by atoms with Crippen molar-refractivity contribution in [2.45, 2.75) is 68.7 Å². The second-order valence-electron chi connectivity index (χ2n) is 9.83. The van der Waals surface area contributed by atoms with Crippen LogP contribution in [-0.2, 0) is 16.7 Å². The minimum atomic E-state index is -0.811. The Morgan fingerprint density at radius 1 is 1.09 bits per heavy atom. The summed E-state index contributed by atoms with van der Waals surface area (Å²) in [5.41, 5.74) is 2.56. The molecule has 0 radical (unpaired) electrons. The zero-order chi connectivity index (χ0) is 22.0. The first-order valence-electron chi connectivity index (χ1n) is 12.0. The van der Waals surface area contributed by atoms with Crippen molar-refractivity contribution in [3.63, 3.8) is 0 Å². The molecule has 5 rings (SSSR count). The van der Waals surface area contributed by atoms with Gasteiger partial charge in [0.25, 0.3) is 0 Å². The highest BCUT2D eigenvalue weighted by molar-refractivity contribution is 5.56. The van der Waals surface area contributed by atoms with Gasteiger partial charge in [-0.3, -0.25) is 4.98 Å². The molecule has 2 aromatic rings. The lowest BCUT2D eigenvalue weighted by Crippen LogP contribution is -2.49. The molecule has 2 saturated heterocycles. The number of hydrogen-bond donors (Lipinski definition) is 1. The first kappa shape index (κ1) is 21.8.